The number of carbonyl (C=O) groups is 7. The van der Waals surface area contributed by atoms with E-state index in [0.717, 1.165) is 11.1 Å². The van der Waals surface area contributed by atoms with Crippen LogP contribution in [0.3, 0.4) is 0 Å². The average Bonchev–Trinajstić information content (AvgIpc) is 3.85. The lowest BCUT2D eigenvalue weighted by Crippen LogP contribution is -2.59. The quantitative estimate of drug-likeness (QED) is 0.237. The molecule has 3 aliphatic heterocycles. The first kappa shape index (κ1) is 41.4. The van der Waals surface area contributed by atoms with E-state index in [-0.39, 0.29) is 45.2 Å². The summed E-state index contributed by atoms with van der Waals surface area (Å²) in [5, 5.41) is 20.9. The Balaban J connectivity index is 1.45. The lowest BCUT2D eigenvalue weighted by atomic mass is 10.0. The number of alkyl carbamates (subject to hydrolysis) is 1. The number of carbonyl (C=O) groups excluding carboxylic acids is 6. The highest BCUT2D eigenvalue weighted by Gasteiger charge is 2.41. The smallest absolute Gasteiger partial charge is 0.408 e. The Morgan fingerprint density at radius 1 is 0.857 bits per heavy atom. The molecule has 5 N–H and O–H groups in total. The normalized spacial score (nSPS) is 24.5. The molecule has 5 rings (SSSR count). The summed E-state index contributed by atoms with van der Waals surface area (Å²) in [6, 6.07) is 11.5. The number of carboxylic acid groups (broad SMARTS) is 1. The number of amides is 6. The molecule has 2 fully saturated rings. The van der Waals surface area contributed by atoms with Crippen molar-refractivity contribution in [2.24, 2.45) is 0 Å². The van der Waals surface area contributed by atoms with Gasteiger partial charge in [0.05, 0.1) is 0 Å². The molecular formula is C41H52N6O9. The van der Waals surface area contributed by atoms with Gasteiger partial charge < -0.3 is 40.9 Å². The molecule has 6 atom stereocenters. The molecule has 0 saturated carbocycles. The van der Waals surface area contributed by atoms with Gasteiger partial charge in [-0.15, -0.1) is 0 Å². The molecule has 300 valence electrons. The highest BCUT2D eigenvalue weighted by atomic mass is 16.6. The van der Waals surface area contributed by atoms with Crippen LogP contribution in [0.1, 0.15) is 70.4 Å². The van der Waals surface area contributed by atoms with Crippen molar-refractivity contribution >= 4 is 41.6 Å². The van der Waals surface area contributed by atoms with Crippen LogP contribution in [0.5, 0.6) is 0 Å². The average molecular weight is 773 g/mol. The third kappa shape index (κ3) is 11.2. The highest BCUT2D eigenvalue weighted by Crippen LogP contribution is 2.22. The summed E-state index contributed by atoms with van der Waals surface area (Å²) in [5.41, 5.74) is 0.662. The molecule has 0 aliphatic carbocycles. The molecule has 6 amide bonds. The van der Waals surface area contributed by atoms with Crippen LogP contribution >= 0.6 is 0 Å². The van der Waals surface area contributed by atoms with Gasteiger partial charge >= 0.3 is 12.1 Å². The second kappa shape index (κ2) is 18.7. The zero-order chi connectivity index (χ0) is 40.4. The van der Waals surface area contributed by atoms with Gasteiger partial charge in [-0.1, -0.05) is 72.8 Å². The van der Waals surface area contributed by atoms with E-state index >= 15 is 0 Å². The molecule has 0 unspecified atom stereocenters. The fourth-order valence-corrected chi connectivity index (χ4v) is 7.28. The van der Waals surface area contributed by atoms with Crippen molar-refractivity contribution < 1.29 is 43.4 Å². The number of ether oxygens (including phenoxy) is 1. The van der Waals surface area contributed by atoms with Crippen molar-refractivity contribution in [2.75, 3.05) is 13.1 Å². The predicted octanol–water partition coefficient (Wildman–Crippen LogP) is 2.24. The Labute approximate surface area is 326 Å². The van der Waals surface area contributed by atoms with Crippen molar-refractivity contribution in [2.45, 2.75) is 114 Å². The van der Waals surface area contributed by atoms with Gasteiger partial charge in [-0.2, -0.15) is 0 Å². The van der Waals surface area contributed by atoms with E-state index in [9.17, 15) is 38.7 Å². The van der Waals surface area contributed by atoms with Crippen LogP contribution in [0, 0.1) is 0 Å². The summed E-state index contributed by atoms with van der Waals surface area (Å²) < 4.78 is 5.44. The van der Waals surface area contributed by atoms with Gasteiger partial charge in [0.25, 0.3) is 0 Å². The minimum Gasteiger partial charge on any atom is -0.480 e. The zero-order valence-corrected chi connectivity index (χ0v) is 32.1. The van der Waals surface area contributed by atoms with Gasteiger partial charge in [-0.05, 0) is 70.4 Å². The summed E-state index contributed by atoms with van der Waals surface area (Å²) in [6.45, 7) is 5.54. The number of likely N-dealkylation sites (tertiary alicyclic amines) is 1. The first-order valence-electron chi connectivity index (χ1n) is 19.2. The molecule has 2 saturated heterocycles. The number of hydrogen-bond donors (Lipinski definition) is 5. The van der Waals surface area contributed by atoms with Crippen molar-refractivity contribution in [1.29, 1.82) is 0 Å². The molecule has 0 bridgehead atoms. The monoisotopic (exact) mass is 772 g/mol. The summed E-state index contributed by atoms with van der Waals surface area (Å²) in [6.07, 6.45) is 4.07. The topological polar surface area (TPSA) is 204 Å². The van der Waals surface area contributed by atoms with E-state index in [1.54, 1.807) is 69.3 Å². The lowest BCUT2D eigenvalue weighted by molar-refractivity contribution is -0.149. The molecule has 3 aliphatic rings. The summed E-state index contributed by atoms with van der Waals surface area (Å²) in [5.74, 6) is -4.08. The predicted molar refractivity (Wildman–Crippen MR) is 205 cm³/mol. The van der Waals surface area contributed by atoms with Crippen molar-refractivity contribution in [3.63, 3.8) is 0 Å². The van der Waals surface area contributed by atoms with Gasteiger partial charge in [0.2, 0.25) is 29.5 Å². The van der Waals surface area contributed by atoms with E-state index < -0.39 is 83.5 Å². The second-order valence-corrected chi connectivity index (χ2v) is 15.4. The molecule has 15 nitrogen and oxygen atoms in total. The van der Waals surface area contributed by atoms with Crippen LogP contribution in [-0.4, -0.2) is 111 Å². The first-order chi connectivity index (χ1) is 26.7. The van der Waals surface area contributed by atoms with Crippen LogP contribution in [0.15, 0.2) is 72.8 Å². The highest BCUT2D eigenvalue weighted by molar-refractivity contribution is 5.97. The van der Waals surface area contributed by atoms with E-state index in [4.69, 9.17) is 4.74 Å². The van der Waals surface area contributed by atoms with E-state index in [2.05, 4.69) is 21.3 Å². The van der Waals surface area contributed by atoms with Crippen LogP contribution in [-0.2, 0) is 46.3 Å². The fourth-order valence-electron chi connectivity index (χ4n) is 7.28. The molecule has 0 aromatic heterocycles. The van der Waals surface area contributed by atoms with Crippen molar-refractivity contribution in [1.82, 2.24) is 31.1 Å². The molecule has 2 aromatic carbocycles. The minimum absolute atomic E-state index is 0.0487. The fraction of sp³-hybridized carbons (Fsp3) is 0.488. The van der Waals surface area contributed by atoms with Gasteiger partial charge in [0, 0.05) is 25.9 Å². The maximum atomic E-state index is 14.3. The standard InChI is InChI=1S/C41H52N6O9/c1-41(2,3)56-40(55)45-31(25-27-16-8-5-9-17-27)35(49)43-28-18-10-11-19-29(38(52)47-23-13-21-33(47)39(53)54)42-34(48)30(24-26-14-6-4-7-15-26)44-36(50)32-20-12-22-46(32)37(28)51/h4-11,14-17,28-33H,12-13,18-25H2,1-3H3,(H,42,48)(H,43,49)(H,44,50)(H,45,55)(H,53,54)/b11-10+/t28-,29-,30+,31+,32-,33-/m0/s1. The maximum Gasteiger partial charge on any atom is 0.408 e. The van der Waals surface area contributed by atoms with Gasteiger partial charge in [-0.3, -0.25) is 24.0 Å². The van der Waals surface area contributed by atoms with Gasteiger partial charge in [0.1, 0.15) is 41.9 Å². The molecule has 3 heterocycles. The summed E-state index contributed by atoms with van der Waals surface area (Å²) in [7, 11) is 0. The third-order valence-electron chi connectivity index (χ3n) is 10.0. The molecule has 0 radical (unpaired) electrons. The number of rotatable bonds is 9. The Morgan fingerprint density at radius 2 is 1.50 bits per heavy atom. The molecular weight excluding hydrogens is 720 g/mol. The Hall–Kier alpha value is -5.73. The first-order valence-corrected chi connectivity index (χ1v) is 19.2. The molecule has 2 aromatic rings. The van der Waals surface area contributed by atoms with E-state index in [1.807, 2.05) is 24.3 Å². The van der Waals surface area contributed by atoms with Crippen molar-refractivity contribution in [3.05, 3.63) is 83.9 Å². The third-order valence-corrected chi connectivity index (χ3v) is 10.0. The number of nitrogens with one attached hydrogen (secondary N) is 4. The number of aliphatic carboxylic acids is 1. The van der Waals surface area contributed by atoms with E-state index in [0.29, 0.717) is 19.3 Å². The van der Waals surface area contributed by atoms with Crippen LogP contribution < -0.4 is 21.3 Å². The largest absolute Gasteiger partial charge is 0.480 e. The minimum atomic E-state index is -1.18. The molecule has 15 heteroatoms. The number of carboxylic acids is 1. The van der Waals surface area contributed by atoms with Gasteiger partial charge in [0.15, 0.2) is 0 Å². The Bertz CT molecular complexity index is 1780. The SMILES string of the molecule is CC(C)(C)OC(=O)N[C@H](Cc1ccccc1)C(=O)N[C@H]1C/C=C/C[C@@H](C(=O)N2CCC[C@H]2C(=O)O)NC(=O)[C@@H](Cc2ccccc2)NC(=O)[C@@H]2CCCN2C1=O. The second-order valence-electron chi connectivity index (χ2n) is 15.4. The number of hydrogen-bond acceptors (Lipinski definition) is 8. The summed E-state index contributed by atoms with van der Waals surface area (Å²) >= 11 is 0. The molecule has 0 spiro atoms. The van der Waals surface area contributed by atoms with Crippen LogP contribution in [0.4, 0.5) is 4.79 Å². The zero-order valence-electron chi connectivity index (χ0n) is 32.1. The lowest BCUT2D eigenvalue weighted by Gasteiger charge is -2.31. The number of fused-ring (bicyclic) bond motifs is 1. The maximum absolute atomic E-state index is 14.3. The number of nitrogens with zero attached hydrogens (tertiary/aromatic N) is 2. The Morgan fingerprint density at radius 3 is 2.16 bits per heavy atom. The number of benzene rings is 2. The van der Waals surface area contributed by atoms with Crippen LogP contribution in [0.25, 0.3) is 0 Å². The van der Waals surface area contributed by atoms with Crippen molar-refractivity contribution in [3.8, 4) is 0 Å². The van der Waals surface area contributed by atoms with Crippen LogP contribution in [0.2, 0.25) is 0 Å². The summed E-state index contributed by atoms with van der Waals surface area (Å²) in [4.78, 5) is 97.8. The Kier molecular flexibility index (Phi) is 13.9. The van der Waals surface area contributed by atoms with Gasteiger partial charge in [-0.25, -0.2) is 9.59 Å². The van der Waals surface area contributed by atoms with E-state index in [1.165, 1.54) is 9.80 Å². The molecule has 56 heavy (non-hydrogen) atoms.